The van der Waals surface area contributed by atoms with Crippen molar-refractivity contribution in [3.63, 3.8) is 0 Å². The fourth-order valence-corrected chi connectivity index (χ4v) is 4.67. The van der Waals surface area contributed by atoms with Crippen molar-refractivity contribution < 1.29 is 9.18 Å². The molecule has 1 atom stereocenters. The second-order valence-corrected chi connectivity index (χ2v) is 8.54. The molecular weight excluding hydrogens is 351 g/mol. The van der Waals surface area contributed by atoms with Crippen LogP contribution in [0.25, 0.3) is 10.9 Å². The Hall–Kier alpha value is -3.01. The third-order valence-electron chi connectivity index (χ3n) is 5.81. The molecule has 5 rings (SSSR count). The monoisotopic (exact) mass is 372 g/mol. The molecule has 0 fully saturated rings. The minimum absolute atomic E-state index is 0.0772. The van der Waals surface area contributed by atoms with E-state index >= 15 is 0 Å². The molecule has 0 saturated carbocycles. The van der Waals surface area contributed by atoms with Gasteiger partial charge in [0, 0.05) is 40.9 Å². The lowest BCUT2D eigenvalue weighted by atomic mass is 9.68. The van der Waals surface area contributed by atoms with Gasteiger partial charge in [0.1, 0.15) is 5.82 Å². The van der Waals surface area contributed by atoms with Crippen molar-refractivity contribution in [2.24, 2.45) is 5.41 Å². The third-order valence-corrected chi connectivity index (χ3v) is 5.81. The van der Waals surface area contributed by atoms with Gasteiger partial charge in [-0.05, 0) is 53.3 Å². The van der Waals surface area contributed by atoms with E-state index in [2.05, 4.69) is 24.1 Å². The van der Waals surface area contributed by atoms with E-state index in [0.717, 1.165) is 45.4 Å². The van der Waals surface area contributed by atoms with Crippen LogP contribution in [0.3, 0.4) is 0 Å². The molecule has 0 radical (unpaired) electrons. The number of fused-ring (bicyclic) bond motifs is 3. The van der Waals surface area contributed by atoms with E-state index in [-0.39, 0.29) is 22.9 Å². The number of hydrogen-bond acceptors (Lipinski definition) is 3. The smallest absolute Gasteiger partial charge is 0.162 e. The lowest BCUT2D eigenvalue weighted by molar-refractivity contribution is -0.118. The summed E-state index contributed by atoms with van der Waals surface area (Å²) in [4.78, 5) is 17.7. The van der Waals surface area contributed by atoms with Crippen molar-refractivity contribution in [2.45, 2.75) is 32.6 Å². The van der Waals surface area contributed by atoms with E-state index in [1.54, 1.807) is 18.3 Å². The number of pyridine rings is 1. The number of nitrogens with one attached hydrogen (secondary N) is 1. The SMILES string of the molecule is CC1(C)CC(=O)C2=C(C1)Nc1ccc3ncccc3c1[C@H]2c1ccc(F)cc1. The number of benzene rings is 2. The maximum Gasteiger partial charge on any atom is 0.162 e. The molecule has 1 aliphatic carbocycles. The molecule has 2 aliphatic rings. The highest BCUT2D eigenvalue weighted by molar-refractivity contribution is 6.04. The van der Waals surface area contributed by atoms with Crippen molar-refractivity contribution in [3.05, 3.63) is 82.9 Å². The van der Waals surface area contributed by atoms with E-state index in [9.17, 15) is 9.18 Å². The van der Waals surface area contributed by atoms with Crippen LogP contribution in [0.5, 0.6) is 0 Å². The van der Waals surface area contributed by atoms with Crippen molar-refractivity contribution in [3.8, 4) is 0 Å². The van der Waals surface area contributed by atoms with Gasteiger partial charge in [-0.2, -0.15) is 0 Å². The van der Waals surface area contributed by atoms with Crippen LogP contribution in [0.15, 0.2) is 66.0 Å². The highest BCUT2D eigenvalue weighted by Crippen LogP contribution is 2.50. The number of carbonyl (C=O) groups is 1. The van der Waals surface area contributed by atoms with Crippen molar-refractivity contribution in [1.29, 1.82) is 0 Å². The van der Waals surface area contributed by atoms with E-state index in [0.29, 0.717) is 6.42 Å². The Morgan fingerprint density at radius 2 is 1.86 bits per heavy atom. The molecule has 4 heteroatoms. The number of nitrogens with zero attached hydrogens (tertiary/aromatic N) is 1. The predicted molar refractivity (Wildman–Crippen MR) is 109 cm³/mol. The molecule has 3 nitrogen and oxygen atoms in total. The molecule has 0 amide bonds. The van der Waals surface area contributed by atoms with Crippen LogP contribution in [0.2, 0.25) is 0 Å². The molecule has 0 saturated heterocycles. The Balaban J connectivity index is 1.81. The summed E-state index contributed by atoms with van der Waals surface area (Å²) in [6.45, 7) is 4.26. The number of anilines is 1. The fraction of sp³-hybridized carbons (Fsp3) is 0.250. The zero-order valence-electron chi connectivity index (χ0n) is 15.9. The Labute approximate surface area is 163 Å². The van der Waals surface area contributed by atoms with Gasteiger partial charge in [0.2, 0.25) is 0 Å². The largest absolute Gasteiger partial charge is 0.358 e. The van der Waals surface area contributed by atoms with Crippen molar-refractivity contribution in [2.75, 3.05) is 5.32 Å². The van der Waals surface area contributed by atoms with Crippen LogP contribution in [0, 0.1) is 11.2 Å². The summed E-state index contributed by atoms with van der Waals surface area (Å²) in [5, 5.41) is 4.56. The summed E-state index contributed by atoms with van der Waals surface area (Å²) in [7, 11) is 0. The first-order chi connectivity index (χ1) is 13.4. The second kappa shape index (κ2) is 5.99. The standard InChI is InChI=1S/C24H21FN2O/c1-24(2)12-19-23(20(28)13-24)21(14-5-7-15(25)8-6-14)22-16-4-3-11-26-17(16)9-10-18(22)27-19/h3-11,21,27H,12-13H2,1-2H3/t21-/m1/s1. The average Bonchev–Trinajstić information content (AvgIpc) is 2.66. The minimum Gasteiger partial charge on any atom is -0.358 e. The second-order valence-electron chi connectivity index (χ2n) is 8.54. The first-order valence-corrected chi connectivity index (χ1v) is 9.59. The van der Waals surface area contributed by atoms with E-state index in [1.807, 2.05) is 24.3 Å². The highest BCUT2D eigenvalue weighted by Gasteiger charge is 2.41. The molecule has 3 aromatic rings. The zero-order chi connectivity index (χ0) is 19.5. The van der Waals surface area contributed by atoms with Crippen LogP contribution in [-0.4, -0.2) is 10.8 Å². The molecule has 2 aromatic carbocycles. The van der Waals surface area contributed by atoms with Crippen LogP contribution in [0.1, 0.15) is 43.7 Å². The van der Waals surface area contributed by atoms with Crippen LogP contribution in [-0.2, 0) is 4.79 Å². The quantitative estimate of drug-likeness (QED) is 0.607. The summed E-state index contributed by atoms with van der Waals surface area (Å²) in [5.41, 5.74) is 5.60. The Morgan fingerprint density at radius 1 is 1.07 bits per heavy atom. The molecule has 28 heavy (non-hydrogen) atoms. The van der Waals surface area contributed by atoms with Crippen LogP contribution < -0.4 is 5.32 Å². The number of ketones is 1. The normalized spacial score (nSPS) is 20.5. The molecule has 0 bridgehead atoms. The van der Waals surface area contributed by atoms with E-state index in [1.165, 1.54) is 12.1 Å². The molecule has 0 unspecified atom stereocenters. The third kappa shape index (κ3) is 2.63. The van der Waals surface area contributed by atoms with Gasteiger partial charge < -0.3 is 5.32 Å². The van der Waals surface area contributed by atoms with Gasteiger partial charge in [0.25, 0.3) is 0 Å². The maximum absolute atomic E-state index is 13.6. The van der Waals surface area contributed by atoms with Crippen LogP contribution in [0.4, 0.5) is 10.1 Å². The number of Topliss-reactive ketones (excluding diaryl/α,β-unsaturated/α-hetero) is 1. The van der Waals surface area contributed by atoms with Crippen molar-refractivity contribution in [1.82, 2.24) is 4.98 Å². The summed E-state index contributed by atoms with van der Waals surface area (Å²) in [5.74, 6) is -0.328. The van der Waals surface area contributed by atoms with Gasteiger partial charge in [-0.15, -0.1) is 0 Å². The number of allylic oxidation sites excluding steroid dienone is 2. The topological polar surface area (TPSA) is 42.0 Å². The molecule has 1 aromatic heterocycles. The Bertz CT molecular complexity index is 1140. The predicted octanol–water partition coefficient (Wildman–Crippen LogP) is 5.57. The van der Waals surface area contributed by atoms with Gasteiger partial charge in [-0.25, -0.2) is 4.39 Å². The van der Waals surface area contributed by atoms with Gasteiger partial charge in [0.15, 0.2) is 5.78 Å². The lowest BCUT2D eigenvalue weighted by Gasteiger charge is -2.40. The maximum atomic E-state index is 13.6. The molecule has 140 valence electrons. The molecule has 1 aliphatic heterocycles. The summed E-state index contributed by atoms with van der Waals surface area (Å²) in [6, 6.07) is 14.5. The number of aromatic nitrogens is 1. The van der Waals surface area contributed by atoms with Gasteiger partial charge in [-0.1, -0.05) is 32.0 Å². The first-order valence-electron chi connectivity index (χ1n) is 9.59. The zero-order valence-corrected chi connectivity index (χ0v) is 15.9. The van der Waals surface area contributed by atoms with Gasteiger partial charge in [0.05, 0.1) is 5.52 Å². The minimum atomic E-state index is -0.275. The number of rotatable bonds is 1. The summed E-state index contributed by atoms with van der Waals surface area (Å²) >= 11 is 0. The fourth-order valence-electron chi connectivity index (χ4n) is 4.67. The van der Waals surface area contributed by atoms with Crippen LogP contribution >= 0.6 is 0 Å². The Morgan fingerprint density at radius 3 is 2.64 bits per heavy atom. The Kier molecular flexibility index (Phi) is 3.66. The van der Waals surface area contributed by atoms with Crippen molar-refractivity contribution >= 4 is 22.4 Å². The average molecular weight is 372 g/mol. The van der Waals surface area contributed by atoms with Gasteiger partial charge >= 0.3 is 0 Å². The molecular formula is C24H21FN2O. The summed E-state index contributed by atoms with van der Waals surface area (Å²) in [6.07, 6.45) is 3.11. The molecule has 0 spiro atoms. The highest BCUT2D eigenvalue weighted by atomic mass is 19.1. The number of halogens is 1. The lowest BCUT2D eigenvalue weighted by Crippen LogP contribution is -2.33. The van der Waals surface area contributed by atoms with E-state index in [4.69, 9.17) is 0 Å². The van der Waals surface area contributed by atoms with Gasteiger partial charge in [-0.3, -0.25) is 9.78 Å². The molecule has 1 N–H and O–H groups in total. The molecule has 2 heterocycles. The number of carbonyl (C=O) groups excluding carboxylic acids is 1. The first kappa shape index (κ1) is 17.1. The van der Waals surface area contributed by atoms with E-state index < -0.39 is 0 Å². The number of hydrogen-bond donors (Lipinski definition) is 1. The summed E-state index contributed by atoms with van der Waals surface area (Å²) < 4.78 is 13.6.